The van der Waals surface area contributed by atoms with E-state index in [2.05, 4.69) is 61.6 Å². The van der Waals surface area contributed by atoms with Crippen molar-refractivity contribution in [3.8, 4) is 0 Å². The molecule has 20 heavy (non-hydrogen) atoms. The number of thiophene rings is 1. The Hall–Kier alpha value is -1.16. The lowest BCUT2D eigenvalue weighted by Gasteiger charge is -2.38. The third-order valence-electron chi connectivity index (χ3n) is 4.01. The van der Waals surface area contributed by atoms with Crippen molar-refractivity contribution in [1.82, 2.24) is 5.32 Å². The van der Waals surface area contributed by atoms with E-state index in [4.69, 9.17) is 4.74 Å². The first-order chi connectivity index (χ1) is 9.71. The van der Waals surface area contributed by atoms with Gasteiger partial charge in [0.05, 0.1) is 12.1 Å². The van der Waals surface area contributed by atoms with Gasteiger partial charge in [0.2, 0.25) is 0 Å². The minimum absolute atomic E-state index is 0.0807. The van der Waals surface area contributed by atoms with Gasteiger partial charge in [-0.05, 0) is 31.0 Å². The molecule has 0 saturated carbocycles. The van der Waals surface area contributed by atoms with E-state index in [0.717, 1.165) is 13.0 Å². The van der Waals surface area contributed by atoms with Crippen molar-refractivity contribution in [1.29, 1.82) is 0 Å². The maximum absolute atomic E-state index is 6.14. The second-order valence-electron chi connectivity index (χ2n) is 5.54. The number of morpholine rings is 1. The molecule has 2 nitrogen and oxygen atoms in total. The molecule has 3 heteroatoms. The number of nitrogens with one attached hydrogen (secondary N) is 1. The summed E-state index contributed by atoms with van der Waals surface area (Å²) in [6, 6.07) is 15.0. The second kappa shape index (κ2) is 5.68. The van der Waals surface area contributed by atoms with Crippen molar-refractivity contribution in [3.63, 3.8) is 0 Å². The fourth-order valence-corrected chi connectivity index (χ4v) is 3.63. The van der Waals surface area contributed by atoms with Crippen molar-refractivity contribution in [3.05, 3.63) is 57.8 Å². The van der Waals surface area contributed by atoms with Crippen LogP contribution in [-0.4, -0.2) is 13.2 Å². The highest BCUT2D eigenvalue weighted by Gasteiger charge is 2.33. The molecule has 0 amide bonds. The first-order valence-corrected chi connectivity index (χ1v) is 8.04. The van der Waals surface area contributed by atoms with E-state index >= 15 is 0 Å². The normalized spacial score (nSPS) is 26.6. The van der Waals surface area contributed by atoms with Crippen molar-refractivity contribution in [2.45, 2.75) is 31.9 Å². The van der Waals surface area contributed by atoms with E-state index in [1.54, 1.807) is 0 Å². The van der Waals surface area contributed by atoms with E-state index in [1.165, 1.54) is 15.3 Å². The van der Waals surface area contributed by atoms with Crippen LogP contribution in [0.1, 0.15) is 35.3 Å². The van der Waals surface area contributed by atoms with E-state index < -0.39 is 0 Å². The van der Waals surface area contributed by atoms with Crippen LogP contribution in [0.2, 0.25) is 0 Å². The molecular weight excluding hydrogens is 266 g/mol. The highest BCUT2D eigenvalue weighted by atomic mass is 32.1. The van der Waals surface area contributed by atoms with Gasteiger partial charge in [-0.25, -0.2) is 0 Å². The van der Waals surface area contributed by atoms with Crippen LogP contribution in [0.5, 0.6) is 0 Å². The zero-order valence-corrected chi connectivity index (χ0v) is 12.9. The summed E-state index contributed by atoms with van der Waals surface area (Å²) in [5.41, 5.74) is 1.21. The van der Waals surface area contributed by atoms with Crippen molar-refractivity contribution >= 4 is 11.3 Å². The minimum atomic E-state index is -0.0807. The Morgan fingerprint density at radius 3 is 2.65 bits per heavy atom. The molecule has 2 aromatic rings. The molecule has 3 rings (SSSR count). The van der Waals surface area contributed by atoms with Gasteiger partial charge in [0.15, 0.2) is 0 Å². The van der Waals surface area contributed by atoms with Gasteiger partial charge in [-0.2, -0.15) is 0 Å². The first-order valence-electron chi connectivity index (χ1n) is 7.22. The molecule has 2 heterocycles. The SMILES string of the molecule is CCc1ccc(C2CNC(C)(c3ccccc3)CO2)s1. The zero-order valence-electron chi connectivity index (χ0n) is 12.1. The number of aryl methyl sites for hydroxylation is 1. The van der Waals surface area contributed by atoms with Gasteiger partial charge in [-0.15, -0.1) is 11.3 Å². The lowest BCUT2D eigenvalue weighted by Crippen LogP contribution is -2.50. The number of hydrogen-bond acceptors (Lipinski definition) is 3. The number of hydrogen-bond donors (Lipinski definition) is 1. The Labute approximate surface area is 124 Å². The summed E-state index contributed by atoms with van der Waals surface area (Å²) in [7, 11) is 0. The molecular formula is C17H21NOS. The molecule has 1 aromatic carbocycles. The summed E-state index contributed by atoms with van der Waals surface area (Å²) in [6.45, 7) is 5.99. The van der Waals surface area contributed by atoms with Gasteiger partial charge in [0.25, 0.3) is 0 Å². The summed E-state index contributed by atoms with van der Waals surface area (Å²) in [6.07, 6.45) is 1.30. The molecule has 1 fully saturated rings. The highest BCUT2D eigenvalue weighted by molar-refractivity contribution is 7.12. The Kier molecular flexibility index (Phi) is 3.92. The second-order valence-corrected chi connectivity index (χ2v) is 6.74. The standard InChI is InChI=1S/C17H21NOS/c1-3-14-9-10-16(20-14)15-11-18-17(2,12-19-15)13-7-5-4-6-8-13/h4-10,15,18H,3,11-12H2,1-2H3. The molecule has 0 spiro atoms. The average Bonchev–Trinajstić information content (AvgIpc) is 2.98. The Morgan fingerprint density at radius 1 is 1.25 bits per heavy atom. The molecule has 0 radical (unpaired) electrons. The predicted molar refractivity (Wildman–Crippen MR) is 84.2 cm³/mol. The van der Waals surface area contributed by atoms with Gasteiger partial charge in [-0.1, -0.05) is 37.3 Å². The first kappa shape index (κ1) is 13.8. The molecule has 1 saturated heterocycles. The van der Waals surface area contributed by atoms with Crippen LogP contribution >= 0.6 is 11.3 Å². The molecule has 1 aliphatic heterocycles. The number of rotatable bonds is 3. The summed E-state index contributed by atoms with van der Waals surface area (Å²) < 4.78 is 6.14. The maximum Gasteiger partial charge on any atom is 0.104 e. The third kappa shape index (κ3) is 2.66. The molecule has 2 atom stereocenters. The predicted octanol–water partition coefficient (Wildman–Crippen LogP) is 3.89. The molecule has 1 aliphatic rings. The maximum atomic E-state index is 6.14. The lowest BCUT2D eigenvalue weighted by molar-refractivity contribution is -0.0290. The minimum Gasteiger partial charge on any atom is -0.369 e. The number of benzene rings is 1. The highest BCUT2D eigenvalue weighted by Crippen LogP contribution is 2.33. The molecule has 1 N–H and O–H groups in total. The Morgan fingerprint density at radius 2 is 2.05 bits per heavy atom. The molecule has 0 bridgehead atoms. The van der Waals surface area contributed by atoms with E-state index in [0.29, 0.717) is 6.61 Å². The van der Waals surface area contributed by atoms with Crippen LogP contribution in [0.25, 0.3) is 0 Å². The van der Waals surface area contributed by atoms with Gasteiger partial charge >= 0.3 is 0 Å². The van der Waals surface area contributed by atoms with Gasteiger partial charge in [0, 0.05) is 16.3 Å². The smallest absolute Gasteiger partial charge is 0.104 e. The fraction of sp³-hybridized carbons (Fsp3) is 0.412. The van der Waals surface area contributed by atoms with Crippen LogP contribution in [0.3, 0.4) is 0 Å². The van der Waals surface area contributed by atoms with Crippen LogP contribution in [-0.2, 0) is 16.7 Å². The van der Waals surface area contributed by atoms with Crippen LogP contribution in [0, 0.1) is 0 Å². The molecule has 0 aliphatic carbocycles. The van der Waals surface area contributed by atoms with Gasteiger partial charge in [-0.3, -0.25) is 0 Å². The Bertz CT molecular complexity index is 555. The van der Waals surface area contributed by atoms with Crippen molar-refractivity contribution in [2.75, 3.05) is 13.2 Å². The van der Waals surface area contributed by atoms with Crippen LogP contribution in [0.4, 0.5) is 0 Å². The van der Waals surface area contributed by atoms with Crippen LogP contribution < -0.4 is 5.32 Å². The summed E-state index contributed by atoms with van der Waals surface area (Å²) in [4.78, 5) is 2.77. The lowest BCUT2D eigenvalue weighted by atomic mass is 9.91. The fourth-order valence-electron chi connectivity index (χ4n) is 2.63. The zero-order chi connectivity index (χ0) is 14.0. The quantitative estimate of drug-likeness (QED) is 0.925. The van der Waals surface area contributed by atoms with Crippen LogP contribution in [0.15, 0.2) is 42.5 Å². The largest absolute Gasteiger partial charge is 0.369 e. The van der Waals surface area contributed by atoms with Gasteiger partial charge in [0.1, 0.15) is 6.10 Å². The monoisotopic (exact) mass is 287 g/mol. The van der Waals surface area contributed by atoms with E-state index in [1.807, 2.05) is 11.3 Å². The summed E-state index contributed by atoms with van der Waals surface area (Å²) in [5.74, 6) is 0. The van der Waals surface area contributed by atoms with E-state index in [9.17, 15) is 0 Å². The molecule has 2 unspecified atom stereocenters. The summed E-state index contributed by atoms with van der Waals surface area (Å²) in [5, 5.41) is 3.67. The third-order valence-corrected chi connectivity index (χ3v) is 5.33. The average molecular weight is 287 g/mol. The number of ether oxygens (including phenoxy) is 1. The topological polar surface area (TPSA) is 21.3 Å². The van der Waals surface area contributed by atoms with Gasteiger partial charge < -0.3 is 10.1 Å². The van der Waals surface area contributed by atoms with Crippen molar-refractivity contribution in [2.24, 2.45) is 0 Å². The summed E-state index contributed by atoms with van der Waals surface area (Å²) >= 11 is 1.87. The molecule has 106 valence electrons. The van der Waals surface area contributed by atoms with Crippen molar-refractivity contribution < 1.29 is 4.74 Å². The van der Waals surface area contributed by atoms with E-state index in [-0.39, 0.29) is 11.6 Å². The molecule has 1 aromatic heterocycles. The Balaban J connectivity index is 1.70.